The van der Waals surface area contributed by atoms with Gasteiger partial charge in [0.25, 0.3) is 5.56 Å². The molecule has 0 amide bonds. The van der Waals surface area contributed by atoms with Gasteiger partial charge in [0.2, 0.25) is 0 Å². The molecule has 0 radical (unpaired) electrons. The van der Waals surface area contributed by atoms with Gasteiger partial charge in [0.1, 0.15) is 6.33 Å². The molecule has 0 aromatic carbocycles. The first-order valence-electron chi connectivity index (χ1n) is 5.61. The van der Waals surface area contributed by atoms with Crippen LogP contribution in [0.1, 0.15) is 36.7 Å². The van der Waals surface area contributed by atoms with Crippen LogP contribution in [0.2, 0.25) is 0 Å². The molecule has 0 unspecified atom stereocenters. The molecule has 2 heterocycles. The van der Waals surface area contributed by atoms with E-state index in [1.165, 1.54) is 11.0 Å². The van der Waals surface area contributed by atoms with Crippen LogP contribution in [-0.4, -0.2) is 19.7 Å². The predicted octanol–water partition coefficient (Wildman–Crippen LogP) is 1.70. The summed E-state index contributed by atoms with van der Waals surface area (Å²) in [6.45, 7) is 7.79. The van der Waals surface area contributed by atoms with Crippen molar-refractivity contribution < 1.29 is 0 Å². The number of hydrogen-bond acceptors (Lipinski definition) is 3. The van der Waals surface area contributed by atoms with Crippen molar-refractivity contribution in [3.8, 4) is 5.82 Å². The maximum atomic E-state index is 12.2. The van der Waals surface area contributed by atoms with Crippen molar-refractivity contribution in [3.63, 3.8) is 0 Å². The highest BCUT2D eigenvalue weighted by Crippen LogP contribution is 2.14. The first kappa shape index (κ1) is 11.6. The third kappa shape index (κ3) is 2.00. The summed E-state index contributed by atoms with van der Waals surface area (Å²) in [5.74, 6) is 0.778. The Morgan fingerprint density at radius 2 is 2.00 bits per heavy atom. The van der Waals surface area contributed by atoms with Crippen molar-refractivity contribution in [1.29, 1.82) is 0 Å². The van der Waals surface area contributed by atoms with E-state index < -0.39 is 0 Å². The van der Waals surface area contributed by atoms with Crippen LogP contribution in [0, 0.1) is 13.8 Å². The molecule has 0 saturated carbocycles. The van der Waals surface area contributed by atoms with Crippen LogP contribution in [0.25, 0.3) is 5.82 Å². The van der Waals surface area contributed by atoms with Gasteiger partial charge in [-0.25, -0.2) is 14.6 Å². The first-order chi connectivity index (χ1) is 8.00. The van der Waals surface area contributed by atoms with Gasteiger partial charge in [-0.15, -0.1) is 0 Å². The molecule has 1 N–H and O–H groups in total. The summed E-state index contributed by atoms with van der Waals surface area (Å²) in [5.41, 5.74) is 2.50. The van der Waals surface area contributed by atoms with Gasteiger partial charge in [-0.1, -0.05) is 13.8 Å². The molecule has 5 nitrogen and oxygen atoms in total. The van der Waals surface area contributed by atoms with Crippen LogP contribution < -0.4 is 5.56 Å². The molecule has 0 aliphatic heterocycles. The summed E-state index contributed by atoms with van der Waals surface area (Å²) in [6, 6.07) is 1.78. The highest BCUT2D eigenvalue weighted by molar-refractivity contribution is 5.28. The molecule has 0 bridgehead atoms. The molecule has 2 aromatic heterocycles. The standard InChI is InChI=1S/C12H16N4O/c1-7(2)11-9(4)15-16(12(11)17)10-5-8(3)13-6-14-10/h5-7,15H,1-4H3. The smallest absolute Gasteiger partial charge is 0.276 e. The van der Waals surface area contributed by atoms with Crippen LogP contribution in [-0.2, 0) is 0 Å². The van der Waals surface area contributed by atoms with Crippen molar-refractivity contribution in [2.75, 3.05) is 0 Å². The van der Waals surface area contributed by atoms with E-state index in [0.717, 1.165) is 17.0 Å². The van der Waals surface area contributed by atoms with E-state index >= 15 is 0 Å². The van der Waals surface area contributed by atoms with Gasteiger partial charge >= 0.3 is 0 Å². The second-order valence-electron chi connectivity index (χ2n) is 4.46. The van der Waals surface area contributed by atoms with Gasteiger partial charge in [-0.3, -0.25) is 9.89 Å². The van der Waals surface area contributed by atoms with E-state index in [2.05, 4.69) is 15.1 Å². The van der Waals surface area contributed by atoms with Crippen LogP contribution in [0.3, 0.4) is 0 Å². The van der Waals surface area contributed by atoms with Crippen LogP contribution in [0.5, 0.6) is 0 Å². The lowest BCUT2D eigenvalue weighted by atomic mass is 10.1. The molecule has 0 aliphatic carbocycles. The Hall–Kier alpha value is -1.91. The molecule has 90 valence electrons. The Balaban J connectivity index is 2.62. The Labute approximate surface area is 99.5 Å². The maximum Gasteiger partial charge on any atom is 0.276 e. The molecule has 0 spiro atoms. The van der Waals surface area contributed by atoms with Gasteiger partial charge in [-0.2, -0.15) is 0 Å². The summed E-state index contributed by atoms with van der Waals surface area (Å²) in [6.07, 6.45) is 1.46. The number of H-pyrrole nitrogens is 1. The Morgan fingerprint density at radius 1 is 1.29 bits per heavy atom. The number of aromatic amines is 1. The van der Waals surface area contributed by atoms with E-state index in [-0.39, 0.29) is 11.5 Å². The molecule has 0 atom stereocenters. The van der Waals surface area contributed by atoms with Crippen molar-refractivity contribution in [2.45, 2.75) is 33.6 Å². The second kappa shape index (κ2) is 4.16. The lowest BCUT2D eigenvalue weighted by Crippen LogP contribution is -2.19. The molecule has 0 fully saturated rings. The molecular weight excluding hydrogens is 216 g/mol. The number of aromatic nitrogens is 4. The van der Waals surface area contributed by atoms with Gasteiger partial charge in [0.15, 0.2) is 5.82 Å². The van der Waals surface area contributed by atoms with E-state index in [1.54, 1.807) is 6.07 Å². The number of nitrogens with one attached hydrogen (secondary N) is 1. The fraction of sp³-hybridized carbons (Fsp3) is 0.417. The quantitative estimate of drug-likeness (QED) is 0.857. The molecule has 2 aromatic rings. The van der Waals surface area contributed by atoms with Crippen molar-refractivity contribution in [2.24, 2.45) is 0 Å². The second-order valence-corrected chi connectivity index (χ2v) is 4.46. The summed E-state index contributed by atoms with van der Waals surface area (Å²) in [4.78, 5) is 20.3. The Bertz CT molecular complexity index is 595. The zero-order chi connectivity index (χ0) is 12.6. The average molecular weight is 232 g/mol. The Kier molecular flexibility index (Phi) is 2.83. The van der Waals surface area contributed by atoms with Crippen molar-refractivity contribution in [1.82, 2.24) is 19.7 Å². The molecule has 2 rings (SSSR count). The number of hydrogen-bond donors (Lipinski definition) is 1. The van der Waals surface area contributed by atoms with Crippen LogP contribution >= 0.6 is 0 Å². The normalized spacial score (nSPS) is 11.1. The van der Waals surface area contributed by atoms with Gasteiger partial charge in [0, 0.05) is 23.0 Å². The van der Waals surface area contributed by atoms with E-state index in [9.17, 15) is 4.79 Å². The zero-order valence-electron chi connectivity index (χ0n) is 10.5. The van der Waals surface area contributed by atoms with Crippen molar-refractivity contribution >= 4 is 0 Å². The monoisotopic (exact) mass is 232 g/mol. The number of rotatable bonds is 2. The minimum Gasteiger partial charge on any atom is -0.294 e. The largest absolute Gasteiger partial charge is 0.294 e. The summed E-state index contributed by atoms with van der Waals surface area (Å²) >= 11 is 0. The summed E-state index contributed by atoms with van der Waals surface area (Å²) in [7, 11) is 0. The zero-order valence-corrected chi connectivity index (χ0v) is 10.5. The SMILES string of the molecule is Cc1cc(-n2[nH]c(C)c(C(C)C)c2=O)ncn1. The average Bonchev–Trinajstić information content (AvgIpc) is 2.54. The van der Waals surface area contributed by atoms with Crippen molar-refractivity contribution in [3.05, 3.63) is 39.7 Å². The van der Waals surface area contributed by atoms with Gasteiger partial charge in [-0.05, 0) is 19.8 Å². The lowest BCUT2D eigenvalue weighted by Gasteiger charge is -2.00. The van der Waals surface area contributed by atoms with E-state index in [0.29, 0.717) is 5.82 Å². The molecule has 0 saturated heterocycles. The van der Waals surface area contributed by atoms with Gasteiger partial charge < -0.3 is 0 Å². The number of nitrogens with zero attached hydrogens (tertiary/aromatic N) is 3. The lowest BCUT2D eigenvalue weighted by molar-refractivity contribution is 0.793. The maximum absolute atomic E-state index is 12.2. The summed E-state index contributed by atoms with van der Waals surface area (Å²) < 4.78 is 1.47. The topological polar surface area (TPSA) is 63.6 Å². The fourth-order valence-corrected chi connectivity index (χ4v) is 1.96. The van der Waals surface area contributed by atoms with Crippen LogP contribution in [0.4, 0.5) is 0 Å². The highest BCUT2D eigenvalue weighted by atomic mass is 16.1. The third-order valence-corrected chi connectivity index (χ3v) is 2.71. The molecule has 17 heavy (non-hydrogen) atoms. The molecule has 5 heteroatoms. The minimum absolute atomic E-state index is 0.0319. The molecular formula is C12H16N4O. The van der Waals surface area contributed by atoms with Crippen LogP contribution in [0.15, 0.2) is 17.2 Å². The fourth-order valence-electron chi connectivity index (χ4n) is 1.96. The third-order valence-electron chi connectivity index (χ3n) is 2.71. The molecule has 0 aliphatic rings. The van der Waals surface area contributed by atoms with E-state index in [1.807, 2.05) is 27.7 Å². The summed E-state index contributed by atoms with van der Waals surface area (Å²) in [5, 5.41) is 3.05. The van der Waals surface area contributed by atoms with Gasteiger partial charge in [0.05, 0.1) is 0 Å². The first-order valence-corrected chi connectivity index (χ1v) is 5.61. The predicted molar refractivity (Wildman–Crippen MR) is 65.5 cm³/mol. The Morgan fingerprint density at radius 3 is 2.53 bits per heavy atom. The highest BCUT2D eigenvalue weighted by Gasteiger charge is 2.15. The minimum atomic E-state index is -0.0319. The number of aryl methyl sites for hydroxylation is 2. The van der Waals surface area contributed by atoms with E-state index in [4.69, 9.17) is 0 Å².